The number of hydrogen-bond acceptors (Lipinski definition) is 3. The summed E-state index contributed by atoms with van der Waals surface area (Å²) in [6.07, 6.45) is 2.25. The molecule has 1 fully saturated rings. The molecule has 1 saturated heterocycles. The summed E-state index contributed by atoms with van der Waals surface area (Å²) in [4.78, 5) is 0. The molecule has 2 N–H and O–H groups in total. The Morgan fingerprint density at radius 1 is 1.50 bits per heavy atom. The maximum absolute atomic E-state index is 6.20. The van der Waals surface area contributed by atoms with Crippen LogP contribution in [0.25, 0.3) is 0 Å². The first-order valence-electron chi connectivity index (χ1n) is 6.53. The minimum Gasteiger partial charge on any atom is -0.497 e. The molecule has 0 spiro atoms. The van der Waals surface area contributed by atoms with Crippen LogP contribution in [-0.4, -0.2) is 33.3 Å². The molecule has 0 aliphatic carbocycles. The van der Waals surface area contributed by atoms with E-state index in [2.05, 4.69) is 10.6 Å². The molecule has 0 amide bonds. The molecule has 1 unspecified atom stereocenters. The van der Waals surface area contributed by atoms with Crippen LogP contribution in [0.2, 0.25) is 5.02 Å². The van der Waals surface area contributed by atoms with Gasteiger partial charge in [-0.2, -0.15) is 0 Å². The molecular weight excluding hydrogens is 248 g/mol. The molecular formula is C14H21ClN2O. The lowest BCUT2D eigenvalue weighted by atomic mass is 10.1. The van der Waals surface area contributed by atoms with Crippen molar-refractivity contribution in [3.05, 3.63) is 28.8 Å². The van der Waals surface area contributed by atoms with Gasteiger partial charge < -0.3 is 15.4 Å². The third kappa shape index (κ3) is 3.87. The summed E-state index contributed by atoms with van der Waals surface area (Å²) in [5.74, 6) is 1.60. The number of rotatable bonds is 6. The van der Waals surface area contributed by atoms with Crippen LogP contribution in [0.1, 0.15) is 12.0 Å². The number of nitrogens with one attached hydrogen (secondary N) is 2. The van der Waals surface area contributed by atoms with Crippen LogP contribution >= 0.6 is 11.6 Å². The summed E-state index contributed by atoms with van der Waals surface area (Å²) >= 11 is 6.20. The van der Waals surface area contributed by atoms with Crippen molar-refractivity contribution in [2.75, 3.05) is 33.3 Å². The Hall–Kier alpha value is -0.770. The van der Waals surface area contributed by atoms with Crippen molar-refractivity contribution in [2.24, 2.45) is 5.92 Å². The van der Waals surface area contributed by atoms with E-state index in [1.165, 1.54) is 12.0 Å². The lowest BCUT2D eigenvalue weighted by molar-refractivity contribution is 0.414. The molecule has 1 aromatic carbocycles. The second-order valence-corrected chi connectivity index (χ2v) is 5.18. The molecule has 1 heterocycles. The van der Waals surface area contributed by atoms with Gasteiger partial charge >= 0.3 is 0 Å². The van der Waals surface area contributed by atoms with Crippen molar-refractivity contribution >= 4 is 11.6 Å². The van der Waals surface area contributed by atoms with Gasteiger partial charge in [-0.1, -0.05) is 17.7 Å². The van der Waals surface area contributed by atoms with Gasteiger partial charge in [0, 0.05) is 5.02 Å². The fourth-order valence-electron chi connectivity index (χ4n) is 2.28. The van der Waals surface area contributed by atoms with E-state index in [-0.39, 0.29) is 0 Å². The Balaban J connectivity index is 1.72. The molecule has 0 bridgehead atoms. The molecule has 1 aliphatic heterocycles. The molecule has 0 aromatic heterocycles. The van der Waals surface area contributed by atoms with E-state index in [0.717, 1.165) is 49.3 Å². The van der Waals surface area contributed by atoms with Crippen LogP contribution in [-0.2, 0) is 6.42 Å². The van der Waals surface area contributed by atoms with Crippen LogP contribution in [0, 0.1) is 5.92 Å². The van der Waals surface area contributed by atoms with E-state index in [9.17, 15) is 0 Å². The Bertz CT molecular complexity index is 378. The average Bonchev–Trinajstić information content (AvgIpc) is 2.89. The van der Waals surface area contributed by atoms with Gasteiger partial charge in [-0.15, -0.1) is 0 Å². The van der Waals surface area contributed by atoms with Crippen LogP contribution in [0.3, 0.4) is 0 Å². The van der Waals surface area contributed by atoms with Crippen molar-refractivity contribution in [1.29, 1.82) is 0 Å². The second kappa shape index (κ2) is 6.98. The maximum Gasteiger partial charge on any atom is 0.120 e. The highest BCUT2D eigenvalue weighted by atomic mass is 35.5. The first kappa shape index (κ1) is 13.7. The summed E-state index contributed by atoms with van der Waals surface area (Å²) in [6, 6.07) is 5.87. The van der Waals surface area contributed by atoms with Crippen LogP contribution in [0.4, 0.5) is 0 Å². The molecule has 4 heteroatoms. The number of hydrogen-bond donors (Lipinski definition) is 2. The molecule has 0 radical (unpaired) electrons. The van der Waals surface area contributed by atoms with Gasteiger partial charge in [0.1, 0.15) is 5.75 Å². The molecule has 3 nitrogen and oxygen atoms in total. The van der Waals surface area contributed by atoms with Gasteiger partial charge in [-0.3, -0.25) is 0 Å². The summed E-state index contributed by atoms with van der Waals surface area (Å²) in [7, 11) is 1.66. The second-order valence-electron chi connectivity index (χ2n) is 4.77. The summed E-state index contributed by atoms with van der Waals surface area (Å²) in [6.45, 7) is 4.39. The van der Waals surface area contributed by atoms with Crippen molar-refractivity contribution in [2.45, 2.75) is 12.8 Å². The van der Waals surface area contributed by atoms with Gasteiger partial charge in [0.15, 0.2) is 0 Å². The molecule has 1 aromatic rings. The molecule has 100 valence electrons. The zero-order chi connectivity index (χ0) is 12.8. The predicted octanol–water partition coefficient (Wildman–Crippen LogP) is 2.09. The van der Waals surface area contributed by atoms with E-state index in [4.69, 9.17) is 16.3 Å². The Morgan fingerprint density at radius 2 is 2.39 bits per heavy atom. The van der Waals surface area contributed by atoms with Crippen LogP contribution in [0.15, 0.2) is 18.2 Å². The van der Waals surface area contributed by atoms with Gasteiger partial charge in [-0.05, 0) is 62.6 Å². The largest absolute Gasteiger partial charge is 0.497 e. The summed E-state index contributed by atoms with van der Waals surface area (Å²) in [5, 5.41) is 7.67. The smallest absolute Gasteiger partial charge is 0.120 e. The normalized spacial score (nSPS) is 19.1. The fraction of sp³-hybridized carbons (Fsp3) is 0.571. The van der Waals surface area contributed by atoms with Gasteiger partial charge in [-0.25, -0.2) is 0 Å². The lowest BCUT2D eigenvalue weighted by Crippen LogP contribution is -2.26. The zero-order valence-corrected chi connectivity index (χ0v) is 11.6. The first-order valence-corrected chi connectivity index (χ1v) is 6.91. The molecule has 0 saturated carbocycles. The SMILES string of the molecule is COc1ccc(CCNCC2CCNC2)c(Cl)c1. The Kier molecular flexibility index (Phi) is 5.29. The highest BCUT2D eigenvalue weighted by Crippen LogP contribution is 2.22. The molecule has 1 aliphatic rings. The van der Waals surface area contributed by atoms with Gasteiger partial charge in [0.2, 0.25) is 0 Å². The third-order valence-electron chi connectivity index (χ3n) is 3.43. The molecule has 1 atom stereocenters. The molecule has 18 heavy (non-hydrogen) atoms. The first-order chi connectivity index (χ1) is 8.79. The van der Waals surface area contributed by atoms with Crippen molar-refractivity contribution in [3.8, 4) is 5.75 Å². The third-order valence-corrected chi connectivity index (χ3v) is 3.78. The Labute approximate surface area is 114 Å². The lowest BCUT2D eigenvalue weighted by Gasteiger charge is -2.11. The van der Waals surface area contributed by atoms with E-state index >= 15 is 0 Å². The maximum atomic E-state index is 6.20. The number of benzene rings is 1. The zero-order valence-electron chi connectivity index (χ0n) is 10.8. The highest BCUT2D eigenvalue weighted by molar-refractivity contribution is 6.31. The summed E-state index contributed by atoms with van der Waals surface area (Å²) < 4.78 is 5.14. The highest BCUT2D eigenvalue weighted by Gasteiger charge is 2.13. The number of ether oxygens (including phenoxy) is 1. The van der Waals surface area contributed by atoms with Gasteiger partial charge in [0.05, 0.1) is 7.11 Å². The van der Waals surface area contributed by atoms with E-state index in [1.54, 1.807) is 7.11 Å². The fourth-order valence-corrected chi connectivity index (χ4v) is 2.54. The van der Waals surface area contributed by atoms with E-state index in [0.29, 0.717) is 0 Å². The number of halogens is 1. The molecule has 2 rings (SSSR count). The summed E-state index contributed by atoms with van der Waals surface area (Å²) in [5.41, 5.74) is 1.18. The number of methoxy groups -OCH3 is 1. The topological polar surface area (TPSA) is 33.3 Å². The van der Waals surface area contributed by atoms with Crippen LogP contribution in [0.5, 0.6) is 5.75 Å². The van der Waals surface area contributed by atoms with Crippen LogP contribution < -0.4 is 15.4 Å². The van der Waals surface area contributed by atoms with Crippen molar-refractivity contribution in [3.63, 3.8) is 0 Å². The monoisotopic (exact) mass is 268 g/mol. The quantitative estimate of drug-likeness (QED) is 0.775. The minimum absolute atomic E-state index is 0.788. The van der Waals surface area contributed by atoms with Crippen molar-refractivity contribution < 1.29 is 4.74 Å². The standard InChI is InChI=1S/C14H21ClN2O/c1-18-13-3-2-12(14(15)8-13)5-7-17-10-11-4-6-16-9-11/h2-3,8,11,16-17H,4-7,9-10H2,1H3. The Morgan fingerprint density at radius 3 is 3.06 bits per heavy atom. The van der Waals surface area contributed by atoms with E-state index in [1.807, 2.05) is 18.2 Å². The van der Waals surface area contributed by atoms with Crippen molar-refractivity contribution in [1.82, 2.24) is 10.6 Å². The predicted molar refractivity (Wildman–Crippen MR) is 75.6 cm³/mol. The van der Waals surface area contributed by atoms with E-state index < -0.39 is 0 Å². The van der Waals surface area contributed by atoms with Gasteiger partial charge in [0.25, 0.3) is 0 Å². The average molecular weight is 269 g/mol. The minimum atomic E-state index is 0.788.